The van der Waals surface area contributed by atoms with Crippen LogP contribution in [0.5, 0.6) is 0 Å². The van der Waals surface area contributed by atoms with Crippen molar-refractivity contribution >= 4 is 61.9 Å². The highest BCUT2D eigenvalue weighted by molar-refractivity contribution is 8.08. The van der Waals surface area contributed by atoms with Crippen LogP contribution in [0.3, 0.4) is 0 Å². The fraction of sp³-hybridized carbons (Fsp3) is 0.250. The molecule has 3 heterocycles. The van der Waals surface area contributed by atoms with Gasteiger partial charge in [0, 0.05) is 36.4 Å². The Balaban J connectivity index is 1.33. The average molecular weight is 643 g/mol. The largest absolute Gasteiger partial charge is 0.477 e. The molecule has 0 bridgehead atoms. The number of carboxylic acid groups (broad SMARTS) is 1. The maximum Gasteiger partial charge on any atom is 0.346 e. The van der Waals surface area contributed by atoms with Gasteiger partial charge in [-0.05, 0) is 148 Å². The zero-order valence-electron chi connectivity index (χ0n) is 27.6. The molecular weight excluding hydrogens is 605 g/mol. The zero-order valence-corrected chi connectivity index (χ0v) is 29.3. The molecule has 2 aromatic heterocycles. The number of thioether (sulfide) groups is 1. The van der Waals surface area contributed by atoms with Crippen LogP contribution in [0.4, 0.5) is 0 Å². The topological polar surface area (TPSA) is 66.0 Å². The molecule has 5 aromatic rings. The van der Waals surface area contributed by atoms with Gasteiger partial charge in [0.25, 0.3) is 0 Å². The van der Waals surface area contributed by atoms with Gasteiger partial charge in [0.1, 0.15) is 11.6 Å². The monoisotopic (exact) mass is 642 g/mol. The van der Waals surface area contributed by atoms with Crippen molar-refractivity contribution in [1.82, 2.24) is 4.57 Å². The van der Waals surface area contributed by atoms with E-state index >= 15 is 0 Å². The van der Waals surface area contributed by atoms with Gasteiger partial charge in [-0.15, -0.1) is 23.1 Å². The lowest BCUT2D eigenvalue weighted by molar-refractivity contribution is -0.132. The van der Waals surface area contributed by atoms with Gasteiger partial charge >= 0.3 is 5.97 Å². The van der Waals surface area contributed by atoms with Crippen LogP contribution < -0.4 is 0 Å². The van der Waals surface area contributed by atoms with E-state index in [1.54, 1.807) is 23.5 Å². The number of benzene rings is 3. The first-order valence-corrected chi connectivity index (χ1v) is 17.2. The summed E-state index contributed by atoms with van der Waals surface area (Å²) in [5.74, 6) is -1.21. The van der Waals surface area contributed by atoms with Crippen molar-refractivity contribution in [1.29, 1.82) is 5.26 Å². The number of carboxylic acids is 1. The molecule has 232 valence electrons. The van der Waals surface area contributed by atoms with Crippen LogP contribution >= 0.6 is 23.1 Å². The van der Waals surface area contributed by atoms with Crippen LogP contribution in [0.1, 0.15) is 71.5 Å². The number of hydrogen-bond acceptors (Lipinski definition) is 4. The lowest BCUT2D eigenvalue weighted by Gasteiger charge is -2.16. The van der Waals surface area contributed by atoms with Crippen LogP contribution in [0.15, 0.2) is 60.2 Å². The molecule has 0 aliphatic carbocycles. The van der Waals surface area contributed by atoms with Gasteiger partial charge in [-0.1, -0.05) is 24.3 Å². The number of nitrogens with zero attached hydrogens (tertiary/aromatic N) is 2. The number of aliphatic carboxylic acids is 1. The van der Waals surface area contributed by atoms with Crippen LogP contribution in [-0.4, -0.2) is 15.6 Å². The third-order valence-electron chi connectivity index (χ3n) is 10.0. The second-order valence-electron chi connectivity index (χ2n) is 12.3. The molecule has 0 radical (unpaired) electrons. The highest BCUT2D eigenvalue weighted by Gasteiger charge is 2.25. The smallest absolute Gasteiger partial charge is 0.346 e. The van der Waals surface area contributed by atoms with Gasteiger partial charge in [0.15, 0.2) is 0 Å². The average Bonchev–Trinajstić information content (AvgIpc) is 3.80. The Hall–Kier alpha value is -4.31. The fourth-order valence-electron chi connectivity index (χ4n) is 6.75. The highest BCUT2D eigenvalue weighted by Crippen LogP contribution is 2.50. The lowest BCUT2D eigenvalue weighted by atomic mass is 9.90. The van der Waals surface area contributed by atoms with E-state index < -0.39 is 5.97 Å². The third-order valence-corrected chi connectivity index (χ3v) is 12.7. The molecule has 1 atom stereocenters. The minimum Gasteiger partial charge on any atom is -0.477 e. The number of carbonyl (C=O) groups is 1. The molecule has 0 amide bonds. The maximum atomic E-state index is 11.0. The molecule has 6 heteroatoms. The Morgan fingerprint density at radius 1 is 0.826 bits per heavy atom. The van der Waals surface area contributed by atoms with E-state index in [9.17, 15) is 4.79 Å². The van der Waals surface area contributed by atoms with E-state index in [-0.39, 0.29) is 5.57 Å². The Morgan fingerprint density at radius 2 is 1.39 bits per heavy atom. The standard InChI is InChI=1S/C40H38N2O2S2/c1-21-23(3)27(7)38-36(25(21)5)37-26(6)22(2)24(4)28(8)39(37)42(38)31-14-12-29(13-15-31)33-18-19-35(46-33)34-17-16-32(45-34)11-9-10-30(20-41)40(43)44/h9-18,35H,19H2,1-8H3,(H,43,44)/b11-9+,30-10-. The second kappa shape index (κ2) is 12.1. The summed E-state index contributed by atoms with van der Waals surface area (Å²) in [4.78, 5) is 14.7. The van der Waals surface area contributed by atoms with Gasteiger partial charge in [-0.3, -0.25) is 0 Å². The Morgan fingerprint density at radius 3 is 1.93 bits per heavy atom. The molecule has 46 heavy (non-hydrogen) atoms. The number of hydrogen-bond donors (Lipinski definition) is 1. The predicted octanol–water partition coefficient (Wildman–Crippen LogP) is 11.1. The van der Waals surface area contributed by atoms with Crippen molar-refractivity contribution in [2.45, 2.75) is 67.1 Å². The van der Waals surface area contributed by atoms with Crippen molar-refractivity contribution in [3.63, 3.8) is 0 Å². The predicted molar refractivity (Wildman–Crippen MR) is 196 cm³/mol. The van der Waals surface area contributed by atoms with E-state index in [1.807, 2.05) is 17.8 Å². The van der Waals surface area contributed by atoms with Crippen molar-refractivity contribution < 1.29 is 9.90 Å². The van der Waals surface area contributed by atoms with Gasteiger partial charge in [0.05, 0.1) is 11.0 Å². The van der Waals surface area contributed by atoms with Crippen molar-refractivity contribution in [3.8, 4) is 11.8 Å². The van der Waals surface area contributed by atoms with E-state index in [0.29, 0.717) is 5.25 Å². The molecule has 1 aliphatic rings. The van der Waals surface area contributed by atoms with Gasteiger partial charge in [-0.25, -0.2) is 4.79 Å². The van der Waals surface area contributed by atoms with Gasteiger partial charge in [0.2, 0.25) is 0 Å². The summed E-state index contributed by atoms with van der Waals surface area (Å²) in [6.07, 6.45) is 8.12. The molecule has 0 spiro atoms. The lowest BCUT2D eigenvalue weighted by Crippen LogP contribution is -2.01. The number of allylic oxidation sites excluding steroid dienone is 3. The molecule has 1 N–H and O–H groups in total. The Bertz CT molecular complexity index is 2140. The first-order valence-electron chi connectivity index (χ1n) is 15.5. The first-order chi connectivity index (χ1) is 21.9. The van der Waals surface area contributed by atoms with Crippen molar-refractivity contribution in [2.75, 3.05) is 0 Å². The SMILES string of the molecule is Cc1c(C)c(C)c2c(c1C)c1c(C)c(C)c(C)c(C)c1n2-c1ccc(C2=CCC(c3ccc(/C=C/C=C(/C#N)C(=O)O)s3)S2)cc1. The fourth-order valence-corrected chi connectivity index (χ4v) is 9.12. The van der Waals surface area contributed by atoms with E-state index in [2.05, 4.69) is 102 Å². The summed E-state index contributed by atoms with van der Waals surface area (Å²) in [5, 5.41) is 21.1. The van der Waals surface area contributed by atoms with Crippen molar-refractivity contribution in [2.24, 2.45) is 0 Å². The second-order valence-corrected chi connectivity index (χ2v) is 14.7. The van der Waals surface area contributed by atoms with Gasteiger partial charge in [-0.2, -0.15) is 5.26 Å². The summed E-state index contributed by atoms with van der Waals surface area (Å²) in [6, 6.07) is 15.0. The number of fused-ring (bicyclic) bond motifs is 3. The molecule has 0 fully saturated rings. The summed E-state index contributed by atoms with van der Waals surface area (Å²) in [6.45, 7) is 18.2. The molecule has 4 nitrogen and oxygen atoms in total. The minimum absolute atomic E-state index is 0.275. The Kier molecular flexibility index (Phi) is 8.35. The number of nitriles is 1. The van der Waals surface area contributed by atoms with E-state index in [0.717, 1.165) is 11.3 Å². The van der Waals surface area contributed by atoms with Crippen molar-refractivity contribution in [3.05, 3.63) is 120 Å². The maximum absolute atomic E-state index is 11.0. The van der Waals surface area contributed by atoms with Crippen LogP contribution in [0.25, 0.3) is 38.5 Å². The summed E-state index contributed by atoms with van der Waals surface area (Å²) >= 11 is 3.60. The normalized spacial score (nSPS) is 15.3. The highest BCUT2D eigenvalue weighted by atomic mass is 32.2. The first kappa shape index (κ1) is 31.7. The van der Waals surface area contributed by atoms with Gasteiger partial charge < -0.3 is 9.67 Å². The molecule has 1 unspecified atom stereocenters. The minimum atomic E-state index is -1.21. The molecule has 3 aromatic carbocycles. The molecule has 0 saturated heterocycles. The number of thiophene rings is 1. The molecular formula is C40H38N2O2S2. The summed E-state index contributed by atoms with van der Waals surface area (Å²) in [7, 11) is 0. The zero-order chi connectivity index (χ0) is 33.0. The van der Waals surface area contributed by atoms with E-state index in [4.69, 9.17) is 10.4 Å². The summed E-state index contributed by atoms with van der Waals surface area (Å²) < 4.78 is 2.52. The number of aryl methyl sites for hydroxylation is 4. The van der Waals surface area contributed by atoms with E-state index in [1.165, 1.54) is 93.4 Å². The Labute approximate surface area is 279 Å². The number of aromatic nitrogens is 1. The van der Waals surface area contributed by atoms with Crippen LogP contribution in [-0.2, 0) is 4.79 Å². The summed E-state index contributed by atoms with van der Waals surface area (Å²) in [5.41, 5.74) is 15.7. The molecule has 6 rings (SSSR count). The number of rotatable bonds is 6. The van der Waals surface area contributed by atoms with Crippen LogP contribution in [0.2, 0.25) is 0 Å². The molecule has 0 saturated carbocycles. The quantitative estimate of drug-likeness (QED) is 0.114. The van der Waals surface area contributed by atoms with Crippen LogP contribution in [0, 0.1) is 66.7 Å². The third kappa shape index (κ3) is 5.12. The molecule has 1 aliphatic heterocycles.